The minimum absolute atomic E-state index is 0.157. The third-order valence-corrected chi connectivity index (χ3v) is 11.7. The van der Waals surface area contributed by atoms with E-state index < -0.39 is 31.7 Å². The molecule has 0 N–H and O–H groups in total. The summed E-state index contributed by atoms with van der Waals surface area (Å²) in [6.07, 6.45) is 2.34. The van der Waals surface area contributed by atoms with E-state index >= 15 is 0 Å². The van der Waals surface area contributed by atoms with Crippen LogP contribution in [0.25, 0.3) is 25.9 Å². The number of thioether (sulfide) groups is 1. The Morgan fingerprint density at radius 3 is 2.54 bits per heavy atom. The number of hydrogen-bond acceptors (Lipinski definition) is 9. The molecule has 0 atom stereocenters. The number of benzene rings is 2. The Hall–Kier alpha value is -1.41. The SMILES string of the molecule is O=S(=O)([O-])CCCN1/C(=C/c2sc3ccc4[se]ccc4c3[n+]2CCCS(=O)(=O)[O-])Sc2ccc(Cl)cc21. The molecule has 0 radical (unpaired) electrons. The Morgan fingerprint density at radius 2 is 1.78 bits per heavy atom. The number of hydrogen-bond donors (Lipinski definition) is 0. The van der Waals surface area contributed by atoms with Crippen molar-refractivity contribution in [1.82, 2.24) is 0 Å². The number of nitrogens with zero attached hydrogens (tertiary/aromatic N) is 2. The fourth-order valence-corrected chi connectivity index (χ4v) is 9.40. The van der Waals surface area contributed by atoms with Crippen LogP contribution in [0.3, 0.4) is 0 Å². The summed E-state index contributed by atoms with van der Waals surface area (Å²) >= 11 is 9.57. The molecule has 4 aromatic rings. The Balaban J connectivity index is 1.58. The molecule has 0 spiro atoms. The Bertz CT molecular complexity index is 1750. The molecule has 0 amide bonds. The van der Waals surface area contributed by atoms with Gasteiger partial charge in [0, 0.05) is 0 Å². The summed E-state index contributed by atoms with van der Waals surface area (Å²) in [4.78, 5) is 5.07. The van der Waals surface area contributed by atoms with E-state index in [4.69, 9.17) is 11.6 Å². The molecule has 1 aliphatic rings. The fourth-order valence-electron chi connectivity index (χ4n) is 4.29. The van der Waals surface area contributed by atoms with Gasteiger partial charge >= 0.3 is 222 Å². The first-order valence-corrected chi connectivity index (χ1v) is 18.2. The van der Waals surface area contributed by atoms with E-state index in [-0.39, 0.29) is 27.3 Å². The van der Waals surface area contributed by atoms with Crippen molar-refractivity contribution in [3.05, 3.63) is 56.4 Å². The maximum absolute atomic E-state index is 11.3. The molecule has 196 valence electrons. The number of thiazole rings is 1. The fraction of sp³-hybridized carbons (Fsp3) is 0.261. The monoisotopic (exact) mass is 663 g/mol. The van der Waals surface area contributed by atoms with Crippen molar-refractivity contribution < 1.29 is 30.5 Å². The molecule has 0 fully saturated rings. The Morgan fingerprint density at radius 1 is 1.03 bits per heavy atom. The van der Waals surface area contributed by atoms with Crippen LogP contribution in [0.15, 0.2) is 51.3 Å². The molecular formula is C23H20ClN2O6S4Se-. The van der Waals surface area contributed by atoms with Gasteiger partial charge in [0.15, 0.2) is 0 Å². The number of fused-ring (bicyclic) bond motifs is 4. The molecule has 8 nitrogen and oxygen atoms in total. The second-order valence-corrected chi connectivity index (χ2v) is 16.0. The average Bonchev–Trinajstić information content (AvgIpc) is 3.48. The molecule has 0 aliphatic carbocycles. The molecule has 37 heavy (non-hydrogen) atoms. The third-order valence-electron chi connectivity index (χ3n) is 5.81. The normalized spacial score (nSPS) is 15.3. The van der Waals surface area contributed by atoms with Crippen LogP contribution < -0.4 is 9.47 Å². The van der Waals surface area contributed by atoms with Crippen molar-refractivity contribution >= 4 is 101 Å². The van der Waals surface area contributed by atoms with Gasteiger partial charge in [-0.15, -0.1) is 0 Å². The zero-order valence-electron chi connectivity index (χ0n) is 19.1. The summed E-state index contributed by atoms with van der Waals surface area (Å²) in [6.45, 7) is 0.670. The molecule has 2 aromatic heterocycles. The first kappa shape index (κ1) is 27.2. The van der Waals surface area contributed by atoms with Gasteiger partial charge in [0.2, 0.25) is 0 Å². The molecule has 0 saturated carbocycles. The van der Waals surface area contributed by atoms with Gasteiger partial charge < -0.3 is 4.55 Å². The second kappa shape index (κ2) is 10.6. The summed E-state index contributed by atoms with van der Waals surface area (Å²) in [7, 11) is -8.68. The molecule has 5 rings (SSSR count). The van der Waals surface area contributed by atoms with Gasteiger partial charge in [0.1, 0.15) is 0 Å². The predicted octanol–water partition coefficient (Wildman–Crippen LogP) is 3.83. The number of aryl methyl sites for hydroxylation is 1. The predicted molar refractivity (Wildman–Crippen MR) is 147 cm³/mol. The van der Waals surface area contributed by atoms with E-state index in [1.807, 2.05) is 23.1 Å². The molecule has 0 bridgehead atoms. The molecule has 14 heteroatoms. The number of rotatable bonds is 9. The third kappa shape index (κ3) is 6.26. The van der Waals surface area contributed by atoms with Crippen LogP contribution in [0, 0.1) is 0 Å². The van der Waals surface area contributed by atoms with Crippen molar-refractivity contribution in [2.75, 3.05) is 23.0 Å². The van der Waals surface area contributed by atoms with Crippen molar-refractivity contribution in [2.24, 2.45) is 0 Å². The van der Waals surface area contributed by atoms with E-state index in [1.165, 1.54) is 16.0 Å². The Labute approximate surface area is 233 Å². The Kier molecular flexibility index (Phi) is 7.81. The van der Waals surface area contributed by atoms with Gasteiger partial charge in [-0.25, -0.2) is 8.42 Å². The maximum atomic E-state index is 11.3. The van der Waals surface area contributed by atoms with Crippen LogP contribution in [-0.4, -0.2) is 58.5 Å². The van der Waals surface area contributed by atoms with Crippen LogP contribution in [0.5, 0.6) is 0 Å². The summed E-state index contributed by atoms with van der Waals surface area (Å²) < 4.78 is 71.8. The van der Waals surface area contributed by atoms with E-state index in [2.05, 4.69) is 27.7 Å². The van der Waals surface area contributed by atoms with Crippen LogP contribution in [0.1, 0.15) is 17.8 Å². The molecule has 3 heterocycles. The zero-order chi connectivity index (χ0) is 26.4. The van der Waals surface area contributed by atoms with Crippen LogP contribution >= 0.6 is 34.7 Å². The molecule has 0 unspecified atom stereocenters. The molecule has 0 saturated heterocycles. The van der Waals surface area contributed by atoms with Crippen LogP contribution in [-0.2, 0) is 26.8 Å². The number of halogens is 1. The van der Waals surface area contributed by atoms with Crippen molar-refractivity contribution in [1.29, 1.82) is 0 Å². The van der Waals surface area contributed by atoms with Gasteiger partial charge in [-0.05, 0) is 0 Å². The summed E-state index contributed by atoms with van der Waals surface area (Å²) in [6, 6.07) is 11.8. The second-order valence-electron chi connectivity index (χ2n) is 8.42. The van der Waals surface area contributed by atoms with Crippen molar-refractivity contribution in [2.45, 2.75) is 24.3 Å². The first-order chi connectivity index (χ1) is 17.5. The van der Waals surface area contributed by atoms with Gasteiger partial charge in [0.05, 0.1) is 0 Å². The van der Waals surface area contributed by atoms with Gasteiger partial charge in [0.25, 0.3) is 0 Å². The van der Waals surface area contributed by atoms with Gasteiger partial charge in [-0.1, -0.05) is 0 Å². The summed E-state index contributed by atoms with van der Waals surface area (Å²) in [5, 5.41) is 3.38. The topological polar surface area (TPSA) is 122 Å². The standard InChI is InChI=1S/C23H21ClN2O6S4Se/c24-15-3-4-18-17(13-15)25(8-1-10-35(27,28)29)21(33-18)14-22-26(9-2-11-36(30,31)32)23-16-7-12-37-20(16)6-5-19(23)34-22/h3-7,12-14H,1-2,8-11H2,(H-,27,28,29,30,31,32)/p-1. The quantitative estimate of drug-likeness (QED) is 0.151. The molecular weight excluding hydrogens is 643 g/mol. The molecule has 2 aromatic carbocycles. The van der Waals surface area contributed by atoms with Gasteiger partial charge in [-0.2, -0.15) is 0 Å². The number of aromatic nitrogens is 1. The van der Waals surface area contributed by atoms with Crippen molar-refractivity contribution in [3.8, 4) is 0 Å². The summed E-state index contributed by atoms with van der Waals surface area (Å²) in [5.41, 5.74) is 1.85. The van der Waals surface area contributed by atoms with E-state index in [1.54, 1.807) is 17.4 Å². The average molecular weight is 663 g/mol. The van der Waals surface area contributed by atoms with Crippen LogP contribution in [0.4, 0.5) is 5.69 Å². The van der Waals surface area contributed by atoms with E-state index in [0.29, 0.717) is 18.1 Å². The number of anilines is 1. The van der Waals surface area contributed by atoms with E-state index in [0.717, 1.165) is 36.2 Å². The zero-order valence-corrected chi connectivity index (χ0v) is 24.9. The molecule has 1 aliphatic heterocycles. The van der Waals surface area contributed by atoms with Crippen molar-refractivity contribution in [3.63, 3.8) is 0 Å². The van der Waals surface area contributed by atoms with Gasteiger partial charge in [-0.3, -0.25) is 0 Å². The minimum atomic E-state index is -4.34. The van der Waals surface area contributed by atoms with E-state index in [9.17, 15) is 25.9 Å². The summed E-state index contributed by atoms with van der Waals surface area (Å²) in [5.74, 6) is -0.916. The van der Waals surface area contributed by atoms with Crippen LogP contribution in [0.2, 0.25) is 5.02 Å². The first-order valence-electron chi connectivity index (χ1n) is 11.1.